The number of anilines is 1. The van der Waals surface area contributed by atoms with Crippen molar-refractivity contribution in [3.8, 4) is 0 Å². The highest BCUT2D eigenvalue weighted by Crippen LogP contribution is 2.24. The van der Waals surface area contributed by atoms with Crippen molar-refractivity contribution >= 4 is 29.1 Å². The molecule has 1 amide bonds. The SMILES string of the molecule is CCC(=O)c1ccc(SC(C)C(=O)Nc2ccccc2)cc1. The summed E-state index contributed by atoms with van der Waals surface area (Å²) in [4.78, 5) is 24.7. The van der Waals surface area contributed by atoms with Crippen LogP contribution in [0.2, 0.25) is 0 Å². The van der Waals surface area contributed by atoms with E-state index in [1.165, 1.54) is 11.8 Å². The largest absolute Gasteiger partial charge is 0.325 e. The number of carbonyl (C=O) groups excluding carboxylic acids is 2. The van der Waals surface area contributed by atoms with Crippen molar-refractivity contribution in [2.24, 2.45) is 0 Å². The van der Waals surface area contributed by atoms with E-state index in [1.807, 2.05) is 68.4 Å². The third kappa shape index (κ3) is 4.46. The lowest BCUT2D eigenvalue weighted by atomic mass is 10.1. The molecule has 0 spiro atoms. The molecule has 0 saturated carbocycles. The zero-order chi connectivity index (χ0) is 15.9. The van der Waals surface area contributed by atoms with Crippen LogP contribution in [0, 0.1) is 0 Å². The molecule has 0 aliphatic heterocycles. The summed E-state index contributed by atoms with van der Waals surface area (Å²) in [6.45, 7) is 3.72. The maximum absolute atomic E-state index is 12.2. The molecule has 0 aliphatic carbocycles. The molecule has 0 radical (unpaired) electrons. The summed E-state index contributed by atoms with van der Waals surface area (Å²) in [5, 5.41) is 2.67. The second-order valence-corrected chi connectivity index (χ2v) is 6.33. The number of benzene rings is 2. The van der Waals surface area contributed by atoms with E-state index in [-0.39, 0.29) is 16.9 Å². The lowest BCUT2D eigenvalue weighted by Gasteiger charge is -2.12. The van der Waals surface area contributed by atoms with Crippen molar-refractivity contribution in [1.82, 2.24) is 0 Å². The fraction of sp³-hybridized carbons (Fsp3) is 0.222. The van der Waals surface area contributed by atoms with Crippen LogP contribution in [0.15, 0.2) is 59.5 Å². The van der Waals surface area contributed by atoms with Crippen molar-refractivity contribution in [1.29, 1.82) is 0 Å². The molecule has 0 heterocycles. The quantitative estimate of drug-likeness (QED) is 0.635. The van der Waals surface area contributed by atoms with Gasteiger partial charge in [0, 0.05) is 22.6 Å². The molecule has 3 nitrogen and oxygen atoms in total. The summed E-state index contributed by atoms with van der Waals surface area (Å²) in [6.07, 6.45) is 0.502. The molecule has 0 aromatic heterocycles. The molecule has 0 saturated heterocycles. The number of Topliss-reactive ketones (excluding diaryl/α,β-unsaturated/α-hetero) is 1. The Morgan fingerprint density at radius 3 is 2.27 bits per heavy atom. The van der Waals surface area contributed by atoms with Crippen LogP contribution < -0.4 is 5.32 Å². The van der Waals surface area contributed by atoms with Crippen LogP contribution in [-0.4, -0.2) is 16.9 Å². The number of hydrogen-bond acceptors (Lipinski definition) is 3. The van der Waals surface area contributed by atoms with Crippen LogP contribution in [0.3, 0.4) is 0 Å². The van der Waals surface area contributed by atoms with E-state index >= 15 is 0 Å². The molecule has 2 rings (SSSR count). The standard InChI is InChI=1S/C18H19NO2S/c1-3-17(20)14-9-11-16(12-10-14)22-13(2)18(21)19-15-7-5-4-6-8-15/h4-13H,3H2,1-2H3,(H,19,21). The first-order valence-corrected chi connectivity index (χ1v) is 8.14. The van der Waals surface area contributed by atoms with Crippen molar-refractivity contribution in [2.75, 3.05) is 5.32 Å². The average molecular weight is 313 g/mol. The number of para-hydroxylation sites is 1. The van der Waals surface area contributed by atoms with Crippen molar-refractivity contribution in [3.63, 3.8) is 0 Å². The lowest BCUT2D eigenvalue weighted by molar-refractivity contribution is -0.115. The van der Waals surface area contributed by atoms with Crippen LogP contribution in [0.5, 0.6) is 0 Å². The predicted octanol–water partition coefficient (Wildman–Crippen LogP) is 4.40. The zero-order valence-corrected chi connectivity index (χ0v) is 13.5. The molecular weight excluding hydrogens is 294 g/mol. The van der Waals surface area contributed by atoms with E-state index in [0.29, 0.717) is 12.0 Å². The Hall–Kier alpha value is -2.07. The van der Waals surface area contributed by atoms with Gasteiger partial charge in [-0.15, -0.1) is 11.8 Å². The van der Waals surface area contributed by atoms with E-state index in [1.54, 1.807) is 0 Å². The Morgan fingerprint density at radius 1 is 1.05 bits per heavy atom. The molecular formula is C18H19NO2S. The summed E-state index contributed by atoms with van der Waals surface area (Å²) < 4.78 is 0. The Balaban J connectivity index is 1.95. The van der Waals surface area contributed by atoms with Crippen molar-refractivity contribution in [2.45, 2.75) is 30.4 Å². The monoisotopic (exact) mass is 313 g/mol. The number of thioether (sulfide) groups is 1. The number of nitrogens with one attached hydrogen (secondary N) is 1. The number of rotatable bonds is 6. The topological polar surface area (TPSA) is 46.2 Å². The molecule has 2 aromatic rings. The summed E-state index contributed by atoms with van der Waals surface area (Å²) in [5.41, 5.74) is 1.51. The molecule has 2 aromatic carbocycles. The average Bonchev–Trinajstić information content (AvgIpc) is 2.55. The first-order chi connectivity index (χ1) is 10.6. The molecule has 22 heavy (non-hydrogen) atoms. The summed E-state index contributed by atoms with van der Waals surface area (Å²) in [5.74, 6) is 0.0938. The van der Waals surface area contributed by atoms with Crippen LogP contribution in [0.1, 0.15) is 30.6 Å². The van der Waals surface area contributed by atoms with Gasteiger partial charge in [0.25, 0.3) is 0 Å². The van der Waals surface area contributed by atoms with E-state index < -0.39 is 0 Å². The van der Waals surface area contributed by atoms with Crippen LogP contribution in [-0.2, 0) is 4.79 Å². The highest BCUT2D eigenvalue weighted by molar-refractivity contribution is 8.00. The van der Waals surface area contributed by atoms with Gasteiger partial charge in [-0.05, 0) is 31.2 Å². The molecule has 4 heteroatoms. The van der Waals surface area contributed by atoms with Gasteiger partial charge in [-0.2, -0.15) is 0 Å². The number of ketones is 1. The van der Waals surface area contributed by atoms with Crippen LogP contribution >= 0.6 is 11.8 Å². The molecule has 114 valence electrons. The highest BCUT2D eigenvalue weighted by atomic mass is 32.2. The van der Waals surface area contributed by atoms with Gasteiger partial charge in [-0.1, -0.05) is 37.3 Å². The first-order valence-electron chi connectivity index (χ1n) is 7.26. The Labute approximate surface area is 135 Å². The Kier molecular flexibility index (Phi) is 5.78. The van der Waals surface area contributed by atoms with E-state index in [0.717, 1.165) is 10.6 Å². The normalized spacial score (nSPS) is 11.7. The predicted molar refractivity (Wildman–Crippen MR) is 91.5 cm³/mol. The number of amides is 1. The second-order valence-electron chi connectivity index (χ2n) is 4.92. The second kappa shape index (κ2) is 7.80. The lowest BCUT2D eigenvalue weighted by Crippen LogP contribution is -2.22. The maximum Gasteiger partial charge on any atom is 0.237 e. The van der Waals surface area contributed by atoms with Gasteiger partial charge < -0.3 is 5.32 Å². The van der Waals surface area contributed by atoms with E-state index in [2.05, 4.69) is 5.32 Å². The maximum atomic E-state index is 12.2. The van der Waals surface area contributed by atoms with Crippen molar-refractivity contribution in [3.05, 3.63) is 60.2 Å². The van der Waals surface area contributed by atoms with E-state index in [9.17, 15) is 9.59 Å². The molecule has 1 atom stereocenters. The van der Waals surface area contributed by atoms with Crippen LogP contribution in [0.4, 0.5) is 5.69 Å². The zero-order valence-electron chi connectivity index (χ0n) is 12.7. The smallest absolute Gasteiger partial charge is 0.237 e. The molecule has 0 aliphatic rings. The minimum atomic E-state index is -0.215. The van der Waals surface area contributed by atoms with Gasteiger partial charge in [-0.25, -0.2) is 0 Å². The number of carbonyl (C=O) groups is 2. The summed E-state index contributed by atoms with van der Waals surface area (Å²) >= 11 is 1.48. The van der Waals surface area contributed by atoms with Gasteiger partial charge in [0.15, 0.2) is 5.78 Å². The minimum absolute atomic E-state index is 0.0371. The summed E-state index contributed by atoms with van der Waals surface area (Å²) in [7, 11) is 0. The molecule has 1 N–H and O–H groups in total. The summed E-state index contributed by atoms with van der Waals surface area (Å²) in [6, 6.07) is 16.8. The third-order valence-corrected chi connectivity index (χ3v) is 4.33. The van der Waals surface area contributed by atoms with Gasteiger partial charge in [0.2, 0.25) is 5.91 Å². The van der Waals surface area contributed by atoms with Gasteiger partial charge >= 0.3 is 0 Å². The van der Waals surface area contributed by atoms with Crippen LogP contribution in [0.25, 0.3) is 0 Å². The molecule has 0 fully saturated rings. The minimum Gasteiger partial charge on any atom is -0.325 e. The molecule has 0 bridgehead atoms. The fourth-order valence-electron chi connectivity index (χ4n) is 1.95. The van der Waals surface area contributed by atoms with Crippen molar-refractivity contribution < 1.29 is 9.59 Å². The van der Waals surface area contributed by atoms with Gasteiger partial charge in [0.1, 0.15) is 0 Å². The van der Waals surface area contributed by atoms with Gasteiger partial charge in [-0.3, -0.25) is 9.59 Å². The number of hydrogen-bond donors (Lipinski definition) is 1. The fourth-order valence-corrected chi connectivity index (χ4v) is 2.81. The molecule has 1 unspecified atom stereocenters. The van der Waals surface area contributed by atoms with Gasteiger partial charge in [0.05, 0.1) is 5.25 Å². The highest BCUT2D eigenvalue weighted by Gasteiger charge is 2.14. The Morgan fingerprint density at radius 2 is 1.68 bits per heavy atom. The van der Waals surface area contributed by atoms with E-state index in [4.69, 9.17) is 0 Å². The Bertz CT molecular complexity index is 638. The third-order valence-electron chi connectivity index (χ3n) is 3.22. The first kappa shape index (κ1) is 16.3.